The van der Waals surface area contributed by atoms with Crippen LogP contribution in [0.2, 0.25) is 0 Å². The smallest absolute Gasteiger partial charge is 0.159 e. The fourth-order valence-corrected chi connectivity index (χ4v) is 1.76. The van der Waals surface area contributed by atoms with E-state index in [2.05, 4.69) is 0 Å². The highest BCUT2D eigenvalue weighted by Gasteiger charge is 1.99. The lowest BCUT2D eigenvalue weighted by Crippen LogP contribution is -1.90. The molecule has 0 aliphatic rings. The van der Waals surface area contributed by atoms with E-state index in [4.69, 9.17) is 11.6 Å². The summed E-state index contributed by atoms with van der Waals surface area (Å²) < 4.78 is 0. The predicted molar refractivity (Wildman–Crippen MR) is 53.0 cm³/mol. The molecule has 0 radical (unpaired) electrons. The molecule has 0 saturated heterocycles. The molecule has 0 fully saturated rings. The van der Waals surface area contributed by atoms with E-state index in [9.17, 15) is 4.79 Å². The summed E-state index contributed by atoms with van der Waals surface area (Å²) in [5.41, 5.74) is 0.741. The van der Waals surface area contributed by atoms with Crippen molar-refractivity contribution in [3.63, 3.8) is 0 Å². The van der Waals surface area contributed by atoms with Gasteiger partial charge in [0.1, 0.15) is 0 Å². The first-order valence-corrected chi connectivity index (χ1v) is 5.06. The quantitative estimate of drug-likeness (QED) is 0.424. The van der Waals surface area contributed by atoms with Crippen molar-refractivity contribution in [1.29, 1.82) is 0 Å². The summed E-state index contributed by atoms with van der Waals surface area (Å²) >= 11 is 7.07. The van der Waals surface area contributed by atoms with Crippen molar-refractivity contribution in [2.24, 2.45) is 0 Å². The van der Waals surface area contributed by atoms with E-state index >= 15 is 0 Å². The Morgan fingerprint density at radius 2 is 2.33 bits per heavy atom. The highest BCUT2D eigenvalue weighted by atomic mass is 35.5. The average Bonchev–Trinajstić information content (AvgIpc) is 2.05. The molecule has 1 aromatic rings. The van der Waals surface area contributed by atoms with Crippen LogP contribution in [0.5, 0.6) is 0 Å². The standard InChI is InChI=1S/C9H9ClOS/c1-7(11)8-3-2-4-9(5-8)12-6-10/h2-5H,6H2,1H3. The number of Topliss-reactive ketones (excluding diaryl/α,β-unsaturated/α-hetero) is 1. The number of ketones is 1. The van der Waals surface area contributed by atoms with Gasteiger partial charge in [-0.25, -0.2) is 0 Å². The second-order valence-corrected chi connectivity index (χ2v) is 3.97. The van der Waals surface area contributed by atoms with Crippen LogP contribution in [0.3, 0.4) is 0 Å². The molecule has 0 aromatic heterocycles. The fourth-order valence-electron chi connectivity index (χ4n) is 0.868. The monoisotopic (exact) mass is 200 g/mol. The fraction of sp³-hybridized carbons (Fsp3) is 0.222. The average molecular weight is 201 g/mol. The summed E-state index contributed by atoms with van der Waals surface area (Å²) in [6.45, 7) is 1.56. The third-order valence-corrected chi connectivity index (χ3v) is 2.49. The van der Waals surface area contributed by atoms with Crippen LogP contribution in [0.25, 0.3) is 0 Å². The molecule has 0 amide bonds. The largest absolute Gasteiger partial charge is 0.295 e. The number of thioether (sulfide) groups is 1. The van der Waals surface area contributed by atoms with Crippen LogP contribution in [0.1, 0.15) is 17.3 Å². The van der Waals surface area contributed by atoms with Gasteiger partial charge >= 0.3 is 0 Å². The van der Waals surface area contributed by atoms with Crippen LogP contribution >= 0.6 is 23.4 Å². The summed E-state index contributed by atoms with van der Waals surface area (Å²) in [4.78, 5) is 12.0. The highest BCUT2D eigenvalue weighted by molar-refractivity contribution is 8.00. The minimum absolute atomic E-state index is 0.0898. The van der Waals surface area contributed by atoms with Gasteiger partial charge in [-0.1, -0.05) is 12.1 Å². The maximum atomic E-state index is 11.0. The topological polar surface area (TPSA) is 17.1 Å². The lowest BCUT2D eigenvalue weighted by molar-refractivity contribution is 0.101. The second kappa shape index (κ2) is 4.53. The van der Waals surface area contributed by atoms with Crippen LogP contribution < -0.4 is 0 Å². The van der Waals surface area contributed by atoms with Crippen molar-refractivity contribution in [2.45, 2.75) is 11.8 Å². The zero-order valence-corrected chi connectivity index (χ0v) is 8.28. The molecule has 0 heterocycles. The van der Waals surface area contributed by atoms with Crippen LogP contribution in [0, 0.1) is 0 Å². The van der Waals surface area contributed by atoms with Crippen LogP contribution in [0.4, 0.5) is 0 Å². The molecule has 0 N–H and O–H groups in total. The van der Waals surface area contributed by atoms with Gasteiger partial charge in [0.25, 0.3) is 0 Å². The van der Waals surface area contributed by atoms with E-state index in [0.29, 0.717) is 5.21 Å². The Bertz CT molecular complexity index is 286. The van der Waals surface area contributed by atoms with E-state index in [1.54, 1.807) is 13.0 Å². The zero-order chi connectivity index (χ0) is 8.97. The van der Waals surface area contributed by atoms with E-state index in [0.717, 1.165) is 10.5 Å². The molecule has 1 nitrogen and oxygen atoms in total. The molecule has 0 bridgehead atoms. The Balaban J connectivity index is 2.88. The Hall–Kier alpha value is -0.470. The first-order valence-electron chi connectivity index (χ1n) is 3.54. The zero-order valence-electron chi connectivity index (χ0n) is 6.71. The number of hydrogen-bond acceptors (Lipinski definition) is 2. The van der Waals surface area contributed by atoms with Crippen molar-refractivity contribution in [2.75, 3.05) is 5.21 Å². The molecule has 12 heavy (non-hydrogen) atoms. The van der Waals surface area contributed by atoms with Gasteiger partial charge in [-0.05, 0) is 19.1 Å². The number of hydrogen-bond donors (Lipinski definition) is 0. The lowest BCUT2D eigenvalue weighted by Gasteiger charge is -1.99. The molecule has 0 aliphatic heterocycles. The molecule has 3 heteroatoms. The van der Waals surface area contributed by atoms with Gasteiger partial charge in [-0.2, -0.15) is 0 Å². The number of benzene rings is 1. The molecule has 64 valence electrons. The minimum atomic E-state index is 0.0898. The molecular formula is C9H9ClOS. The molecule has 1 rings (SSSR count). The van der Waals surface area contributed by atoms with Crippen molar-refractivity contribution >= 4 is 29.1 Å². The number of alkyl halides is 1. The maximum absolute atomic E-state index is 11.0. The Kier molecular flexibility index (Phi) is 3.63. The van der Waals surface area contributed by atoms with Crippen LogP contribution in [-0.4, -0.2) is 11.0 Å². The SMILES string of the molecule is CC(=O)c1cccc(SCCl)c1. The van der Waals surface area contributed by atoms with E-state index in [1.807, 2.05) is 18.2 Å². The first-order chi connectivity index (χ1) is 5.74. The third-order valence-electron chi connectivity index (χ3n) is 1.46. The van der Waals surface area contributed by atoms with Gasteiger partial charge in [-0.15, -0.1) is 23.4 Å². The van der Waals surface area contributed by atoms with Crippen molar-refractivity contribution in [1.82, 2.24) is 0 Å². The number of rotatable bonds is 3. The second-order valence-electron chi connectivity index (χ2n) is 2.34. The number of carbonyl (C=O) groups excluding carboxylic acids is 1. The van der Waals surface area contributed by atoms with Gasteiger partial charge in [0.05, 0.1) is 5.21 Å². The Morgan fingerprint density at radius 3 is 2.92 bits per heavy atom. The van der Waals surface area contributed by atoms with Gasteiger partial charge in [0.2, 0.25) is 0 Å². The summed E-state index contributed by atoms with van der Waals surface area (Å²) in [6.07, 6.45) is 0. The van der Waals surface area contributed by atoms with E-state index in [-0.39, 0.29) is 5.78 Å². The molecule has 0 aliphatic carbocycles. The normalized spacial score (nSPS) is 9.83. The summed E-state index contributed by atoms with van der Waals surface area (Å²) in [5.74, 6) is 0.0898. The molecule has 0 saturated carbocycles. The molecular weight excluding hydrogens is 192 g/mol. The lowest BCUT2D eigenvalue weighted by atomic mass is 10.2. The number of halogens is 1. The Labute approximate surface area is 81.1 Å². The maximum Gasteiger partial charge on any atom is 0.159 e. The van der Waals surface area contributed by atoms with Gasteiger partial charge < -0.3 is 0 Å². The summed E-state index contributed by atoms with van der Waals surface area (Å²) in [7, 11) is 0. The molecule has 0 unspecified atom stereocenters. The summed E-state index contributed by atoms with van der Waals surface area (Å²) in [6, 6.07) is 7.47. The molecule has 0 spiro atoms. The predicted octanol–water partition coefficient (Wildman–Crippen LogP) is 3.18. The number of carbonyl (C=O) groups is 1. The molecule has 0 atom stereocenters. The Morgan fingerprint density at radius 1 is 1.58 bits per heavy atom. The van der Waals surface area contributed by atoms with Gasteiger partial charge in [0, 0.05) is 10.5 Å². The van der Waals surface area contributed by atoms with Crippen molar-refractivity contribution in [3.05, 3.63) is 29.8 Å². The third kappa shape index (κ3) is 2.54. The van der Waals surface area contributed by atoms with Crippen molar-refractivity contribution in [3.8, 4) is 0 Å². The van der Waals surface area contributed by atoms with Gasteiger partial charge in [-0.3, -0.25) is 4.79 Å². The minimum Gasteiger partial charge on any atom is -0.295 e. The molecule has 1 aromatic carbocycles. The van der Waals surface area contributed by atoms with E-state index in [1.165, 1.54) is 11.8 Å². The van der Waals surface area contributed by atoms with Crippen LogP contribution in [0.15, 0.2) is 29.2 Å². The van der Waals surface area contributed by atoms with Crippen LogP contribution in [-0.2, 0) is 0 Å². The van der Waals surface area contributed by atoms with Gasteiger partial charge in [0.15, 0.2) is 5.78 Å². The first kappa shape index (κ1) is 9.62. The highest BCUT2D eigenvalue weighted by Crippen LogP contribution is 2.19. The van der Waals surface area contributed by atoms with E-state index < -0.39 is 0 Å². The summed E-state index contributed by atoms with van der Waals surface area (Å²) in [5, 5.41) is 0.515. The van der Waals surface area contributed by atoms with Crippen molar-refractivity contribution < 1.29 is 4.79 Å².